The second kappa shape index (κ2) is 5.15. The lowest BCUT2D eigenvalue weighted by molar-refractivity contribution is -0.122. The molecule has 17 heavy (non-hydrogen) atoms. The van der Waals surface area contributed by atoms with Crippen LogP contribution in [0.1, 0.15) is 18.5 Å². The Labute approximate surface area is 97.9 Å². The van der Waals surface area contributed by atoms with Gasteiger partial charge in [0.15, 0.2) is 0 Å². The van der Waals surface area contributed by atoms with Crippen molar-refractivity contribution < 1.29 is 4.79 Å². The van der Waals surface area contributed by atoms with Crippen molar-refractivity contribution in [3.63, 3.8) is 0 Å². The van der Waals surface area contributed by atoms with Crippen molar-refractivity contribution in [2.24, 2.45) is 0 Å². The number of hydrogen-bond donors (Lipinski definition) is 1. The van der Waals surface area contributed by atoms with Gasteiger partial charge in [-0.1, -0.05) is 6.07 Å². The van der Waals surface area contributed by atoms with Gasteiger partial charge < -0.3 is 5.32 Å². The van der Waals surface area contributed by atoms with Crippen LogP contribution in [0.5, 0.6) is 0 Å². The van der Waals surface area contributed by atoms with E-state index in [0.717, 1.165) is 5.56 Å². The number of nitrogens with one attached hydrogen (secondary N) is 1. The lowest BCUT2D eigenvalue weighted by atomic mass is 10.1. The van der Waals surface area contributed by atoms with Crippen molar-refractivity contribution in [3.05, 3.63) is 36.4 Å². The summed E-state index contributed by atoms with van der Waals surface area (Å²) in [6.45, 7) is 2.01. The Morgan fingerprint density at radius 3 is 3.12 bits per heavy atom. The number of pyridine rings is 1. The van der Waals surface area contributed by atoms with Gasteiger partial charge in [-0.25, -0.2) is 4.68 Å². The van der Waals surface area contributed by atoms with Gasteiger partial charge in [-0.05, 0) is 29.0 Å². The molecule has 0 radical (unpaired) electrons. The first kappa shape index (κ1) is 11.2. The Balaban J connectivity index is 1.91. The van der Waals surface area contributed by atoms with Crippen molar-refractivity contribution >= 4 is 5.91 Å². The SMILES string of the molecule is C[C@@H](NC(=O)Cn1cnnn1)c1cccnc1. The summed E-state index contributed by atoms with van der Waals surface area (Å²) in [5, 5.41) is 13.4. The van der Waals surface area contributed by atoms with E-state index < -0.39 is 0 Å². The average Bonchev–Trinajstić information content (AvgIpc) is 2.82. The van der Waals surface area contributed by atoms with Crippen LogP contribution in [0.2, 0.25) is 0 Å². The largest absolute Gasteiger partial charge is 0.348 e. The molecule has 0 aromatic carbocycles. The van der Waals surface area contributed by atoms with Gasteiger partial charge in [0.1, 0.15) is 12.9 Å². The lowest BCUT2D eigenvalue weighted by Crippen LogP contribution is -2.30. The fourth-order valence-electron chi connectivity index (χ4n) is 1.40. The van der Waals surface area contributed by atoms with Crippen LogP contribution in [-0.4, -0.2) is 31.1 Å². The molecule has 88 valence electrons. The maximum Gasteiger partial charge on any atom is 0.242 e. The van der Waals surface area contributed by atoms with Gasteiger partial charge in [0.05, 0.1) is 6.04 Å². The summed E-state index contributed by atoms with van der Waals surface area (Å²) >= 11 is 0. The Kier molecular flexibility index (Phi) is 3.39. The van der Waals surface area contributed by atoms with E-state index in [1.54, 1.807) is 12.4 Å². The Bertz CT molecular complexity index is 469. The molecule has 0 aliphatic heterocycles. The minimum absolute atomic E-state index is 0.0901. The third-order valence-electron chi connectivity index (χ3n) is 2.26. The molecular formula is C10H12N6O. The molecule has 2 rings (SSSR count). The molecule has 0 aliphatic rings. The first-order chi connectivity index (χ1) is 8.25. The standard InChI is InChI=1S/C10H12N6O/c1-8(9-3-2-4-11-5-9)13-10(17)6-16-7-12-14-15-16/h2-5,7-8H,6H2,1H3,(H,13,17)/t8-/m1/s1. The van der Waals surface area contributed by atoms with E-state index in [1.807, 2.05) is 19.1 Å². The zero-order valence-electron chi connectivity index (χ0n) is 9.32. The van der Waals surface area contributed by atoms with Crippen LogP contribution in [0.25, 0.3) is 0 Å². The molecule has 1 atom stereocenters. The van der Waals surface area contributed by atoms with E-state index in [0.29, 0.717) is 0 Å². The minimum Gasteiger partial charge on any atom is -0.348 e. The molecule has 2 heterocycles. The van der Waals surface area contributed by atoms with Gasteiger partial charge in [-0.3, -0.25) is 9.78 Å². The fourth-order valence-corrected chi connectivity index (χ4v) is 1.40. The highest BCUT2D eigenvalue weighted by atomic mass is 16.2. The second-order valence-electron chi connectivity index (χ2n) is 3.58. The molecule has 0 bridgehead atoms. The third-order valence-corrected chi connectivity index (χ3v) is 2.26. The van der Waals surface area contributed by atoms with E-state index in [-0.39, 0.29) is 18.5 Å². The zero-order valence-corrected chi connectivity index (χ0v) is 9.32. The molecule has 0 aliphatic carbocycles. The molecule has 0 fully saturated rings. The van der Waals surface area contributed by atoms with E-state index in [1.165, 1.54) is 11.0 Å². The van der Waals surface area contributed by atoms with E-state index >= 15 is 0 Å². The number of aromatic nitrogens is 5. The van der Waals surface area contributed by atoms with Crippen molar-refractivity contribution in [3.8, 4) is 0 Å². The number of rotatable bonds is 4. The maximum atomic E-state index is 11.6. The molecule has 7 nitrogen and oxygen atoms in total. The number of nitrogens with zero attached hydrogens (tertiary/aromatic N) is 5. The van der Waals surface area contributed by atoms with Crippen LogP contribution in [0.3, 0.4) is 0 Å². The van der Waals surface area contributed by atoms with Crippen LogP contribution in [0, 0.1) is 0 Å². The van der Waals surface area contributed by atoms with Gasteiger partial charge >= 0.3 is 0 Å². The number of carbonyl (C=O) groups excluding carboxylic acids is 1. The highest BCUT2D eigenvalue weighted by Gasteiger charge is 2.10. The van der Waals surface area contributed by atoms with Gasteiger partial charge in [0.25, 0.3) is 0 Å². The van der Waals surface area contributed by atoms with Crippen molar-refractivity contribution in [2.45, 2.75) is 19.5 Å². The molecular weight excluding hydrogens is 220 g/mol. The Morgan fingerprint density at radius 1 is 1.59 bits per heavy atom. The quantitative estimate of drug-likeness (QED) is 0.798. The molecule has 7 heteroatoms. The van der Waals surface area contributed by atoms with Crippen molar-refractivity contribution in [1.29, 1.82) is 0 Å². The van der Waals surface area contributed by atoms with Crippen LogP contribution in [-0.2, 0) is 11.3 Å². The van der Waals surface area contributed by atoms with Crippen molar-refractivity contribution in [1.82, 2.24) is 30.5 Å². The first-order valence-corrected chi connectivity index (χ1v) is 5.16. The van der Waals surface area contributed by atoms with Gasteiger partial charge in [-0.15, -0.1) is 5.10 Å². The average molecular weight is 232 g/mol. The number of carbonyl (C=O) groups is 1. The summed E-state index contributed by atoms with van der Waals surface area (Å²) in [5.74, 6) is -0.145. The highest BCUT2D eigenvalue weighted by molar-refractivity contribution is 5.76. The lowest BCUT2D eigenvalue weighted by Gasteiger charge is -2.13. The predicted molar refractivity (Wildman–Crippen MR) is 58.6 cm³/mol. The topological polar surface area (TPSA) is 85.6 Å². The summed E-state index contributed by atoms with van der Waals surface area (Å²) in [7, 11) is 0. The van der Waals surface area contributed by atoms with Gasteiger partial charge in [0, 0.05) is 12.4 Å². The molecule has 0 saturated carbocycles. The predicted octanol–water partition coefficient (Wildman–Crippen LogP) is -0.0545. The monoisotopic (exact) mass is 232 g/mol. The molecule has 1 N–H and O–H groups in total. The van der Waals surface area contributed by atoms with Crippen LogP contribution >= 0.6 is 0 Å². The summed E-state index contributed by atoms with van der Waals surface area (Å²) < 4.78 is 1.37. The summed E-state index contributed by atoms with van der Waals surface area (Å²) in [6, 6.07) is 3.65. The van der Waals surface area contributed by atoms with Gasteiger partial charge in [-0.2, -0.15) is 0 Å². The normalized spacial score (nSPS) is 12.1. The second-order valence-corrected chi connectivity index (χ2v) is 3.58. The molecule has 0 spiro atoms. The molecule has 2 aromatic heterocycles. The number of amides is 1. The van der Waals surface area contributed by atoms with Gasteiger partial charge in [0.2, 0.25) is 5.91 Å². The first-order valence-electron chi connectivity index (χ1n) is 5.16. The number of tetrazole rings is 1. The number of hydrogen-bond acceptors (Lipinski definition) is 5. The van der Waals surface area contributed by atoms with E-state index in [2.05, 4.69) is 25.8 Å². The summed E-state index contributed by atoms with van der Waals surface area (Å²) in [6.07, 6.45) is 4.81. The van der Waals surface area contributed by atoms with Crippen LogP contribution in [0.15, 0.2) is 30.9 Å². The zero-order chi connectivity index (χ0) is 12.1. The van der Waals surface area contributed by atoms with E-state index in [9.17, 15) is 4.79 Å². The Hall–Kier alpha value is -2.31. The van der Waals surface area contributed by atoms with Crippen LogP contribution in [0.4, 0.5) is 0 Å². The molecule has 0 unspecified atom stereocenters. The van der Waals surface area contributed by atoms with Crippen LogP contribution < -0.4 is 5.32 Å². The maximum absolute atomic E-state index is 11.6. The summed E-state index contributed by atoms with van der Waals surface area (Å²) in [5.41, 5.74) is 0.956. The molecule has 0 saturated heterocycles. The van der Waals surface area contributed by atoms with E-state index in [4.69, 9.17) is 0 Å². The summed E-state index contributed by atoms with van der Waals surface area (Å²) in [4.78, 5) is 15.6. The van der Waals surface area contributed by atoms with Crippen molar-refractivity contribution in [2.75, 3.05) is 0 Å². The Morgan fingerprint density at radius 2 is 2.47 bits per heavy atom. The fraction of sp³-hybridized carbons (Fsp3) is 0.300. The molecule has 1 amide bonds. The molecule has 2 aromatic rings. The minimum atomic E-state index is -0.145. The smallest absolute Gasteiger partial charge is 0.242 e. The highest BCUT2D eigenvalue weighted by Crippen LogP contribution is 2.09. The third kappa shape index (κ3) is 3.07.